The fourth-order valence-corrected chi connectivity index (χ4v) is 5.09. The van der Waals surface area contributed by atoms with Crippen LogP contribution >= 0.6 is 0 Å². The second kappa shape index (κ2) is 9.26. The molecule has 1 aliphatic heterocycles. The Kier molecular flexibility index (Phi) is 5.65. The molecule has 0 unspecified atom stereocenters. The predicted molar refractivity (Wildman–Crippen MR) is 146 cm³/mol. The number of benzene rings is 4. The number of fused-ring (bicyclic) bond motifs is 2. The Morgan fingerprint density at radius 1 is 0.778 bits per heavy atom. The first-order valence-electron chi connectivity index (χ1n) is 12.2. The van der Waals surface area contributed by atoms with Crippen molar-refractivity contribution >= 4 is 44.8 Å². The fraction of sp³-hybridized carbons (Fsp3) is 0.172. The molecule has 0 radical (unpaired) electrons. The van der Waals surface area contributed by atoms with E-state index in [2.05, 4.69) is 61.5 Å². The van der Waals surface area contributed by atoms with Gasteiger partial charge in [-0.15, -0.1) is 0 Å². The van der Waals surface area contributed by atoms with E-state index in [4.69, 9.17) is 0 Å². The molecule has 2 heterocycles. The second-order valence-electron chi connectivity index (χ2n) is 9.17. The first kappa shape index (κ1) is 22.0. The molecule has 0 spiro atoms. The van der Waals surface area contributed by atoms with Crippen molar-refractivity contribution in [2.75, 3.05) is 41.3 Å². The van der Waals surface area contributed by atoms with E-state index < -0.39 is 0 Å². The molecule has 1 aromatic heterocycles. The Balaban J connectivity index is 1.27. The van der Waals surface area contributed by atoms with E-state index in [1.807, 2.05) is 48.5 Å². The van der Waals surface area contributed by atoms with Gasteiger partial charge in [0.2, 0.25) is 5.91 Å². The molecule has 0 atom stereocenters. The first-order valence-corrected chi connectivity index (χ1v) is 12.2. The molecule has 0 saturated carbocycles. The average molecular weight is 478 g/mol. The van der Waals surface area contributed by atoms with Crippen molar-refractivity contribution in [3.63, 3.8) is 0 Å². The van der Waals surface area contributed by atoms with Crippen molar-refractivity contribution in [3.05, 3.63) is 101 Å². The van der Waals surface area contributed by atoms with Gasteiger partial charge in [-0.05, 0) is 40.6 Å². The number of H-pyrrole nitrogens is 2. The number of carbonyl (C=O) groups excluding carboxylic acids is 1. The number of imidazole rings is 1. The maximum absolute atomic E-state index is 13.2. The van der Waals surface area contributed by atoms with Crippen molar-refractivity contribution in [1.29, 1.82) is 0 Å². The van der Waals surface area contributed by atoms with Crippen LogP contribution < -0.4 is 20.8 Å². The lowest BCUT2D eigenvalue weighted by Crippen LogP contribution is -2.46. The normalized spacial score (nSPS) is 13.9. The summed E-state index contributed by atoms with van der Waals surface area (Å²) in [6.45, 7) is 3.35. The first-order chi connectivity index (χ1) is 17.6. The summed E-state index contributed by atoms with van der Waals surface area (Å²) in [6, 6.07) is 28.4. The summed E-state index contributed by atoms with van der Waals surface area (Å²) in [4.78, 5) is 35.5. The van der Waals surface area contributed by atoms with Crippen molar-refractivity contribution < 1.29 is 4.79 Å². The number of para-hydroxylation sites is 1. The molecule has 36 heavy (non-hydrogen) atoms. The summed E-state index contributed by atoms with van der Waals surface area (Å²) < 4.78 is 0. The van der Waals surface area contributed by atoms with Gasteiger partial charge in [-0.25, -0.2) is 4.79 Å². The van der Waals surface area contributed by atoms with Gasteiger partial charge in [-0.2, -0.15) is 0 Å². The molecule has 6 rings (SSSR count). The zero-order valence-corrected chi connectivity index (χ0v) is 19.8. The molecule has 7 heteroatoms. The Bertz CT molecular complexity index is 1590. The smallest absolute Gasteiger partial charge is 0.323 e. The Morgan fingerprint density at radius 2 is 1.44 bits per heavy atom. The van der Waals surface area contributed by atoms with E-state index in [1.54, 1.807) is 0 Å². The van der Waals surface area contributed by atoms with Crippen LogP contribution in [0.15, 0.2) is 89.7 Å². The summed E-state index contributed by atoms with van der Waals surface area (Å²) in [5.74, 6) is -0.0900. The minimum atomic E-state index is -0.260. The SMILES string of the molecule is O=C(Cc1cccc2ccccc12)Nc1cc2[nH]c(=O)[nH]c2cc1N1CCN(c2ccccc2)CC1. The van der Waals surface area contributed by atoms with E-state index in [9.17, 15) is 9.59 Å². The number of aromatic nitrogens is 2. The molecule has 7 nitrogen and oxygen atoms in total. The van der Waals surface area contributed by atoms with E-state index >= 15 is 0 Å². The van der Waals surface area contributed by atoms with Crippen LogP contribution in [0.3, 0.4) is 0 Å². The zero-order chi connectivity index (χ0) is 24.5. The molecule has 5 aromatic rings. The van der Waals surface area contributed by atoms with E-state index in [-0.39, 0.29) is 18.0 Å². The van der Waals surface area contributed by atoms with Crippen LogP contribution in [0.25, 0.3) is 21.8 Å². The summed E-state index contributed by atoms with van der Waals surface area (Å²) in [5, 5.41) is 5.33. The van der Waals surface area contributed by atoms with Crippen molar-refractivity contribution in [3.8, 4) is 0 Å². The van der Waals surface area contributed by atoms with Gasteiger partial charge in [-0.1, -0.05) is 60.7 Å². The van der Waals surface area contributed by atoms with Crippen LogP contribution in [-0.4, -0.2) is 42.1 Å². The molecule has 3 N–H and O–H groups in total. The average Bonchev–Trinajstić information content (AvgIpc) is 3.28. The third kappa shape index (κ3) is 4.31. The van der Waals surface area contributed by atoms with Crippen LogP contribution in [0.2, 0.25) is 0 Å². The molecular formula is C29H27N5O2. The Hall–Kier alpha value is -4.52. The summed E-state index contributed by atoms with van der Waals surface area (Å²) in [7, 11) is 0. The number of rotatable bonds is 5. The van der Waals surface area contributed by atoms with Gasteiger partial charge in [0, 0.05) is 31.9 Å². The minimum Gasteiger partial charge on any atom is -0.368 e. The molecule has 1 fully saturated rings. The van der Waals surface area contributed by atoms with Crippen LogP contribution in [0.1, 0.15) is 5.56 Å². The number of nitrogens with one attached hydrogen (secondary N) is 3. The van der Waals surface area contributed by atoms with Gasteiger partial charge < -0.3 is 25.1 Å². The Labute approximate surface area is 208 Å². The van der Waals surface area contributed by atoms with Crippen LogP contribution in [0.4, 0.5) is 17.1 Å². The molecule has 1 saturated heterocycles. The quantitative estimate of drug-likeness (QED) is 0.348. The van der Waals surface area contributed by atoms with Crippen molar-refractivity contribution in [2.45, 2.75) is 6.42 Å². The lowest BCUT2D eigenvalue weighted by Gasteiger charge is -2.38. The monoisotopic (exact) mass is 477 g/mol. The van der Waals surface area contributed by atoms with Crippen LogP contribution in [-0.2, 0) is 11.2 Å². The maximum Gasteiger partial charge on any atom is 0.323 e. The Morgan fingerprint density at radius 3 is 2.25 bits per heavy atom. The van der Waals surface area contributed by atoms with Gasteiger partial charge in [0.05, 0.1) is 28.8 Å². The number of nitrogens with zero attached hydrogens (tertiary/aromatic N) is 2. The van der Waals surface area contributed by atoms with E-state index in [0.717, 1.165) is 53.7 Å². The van der Waals surface area contributed by atoms with Crippen molar-refractivity contribution in [1.82, 2.24) is 9.97 Å². The highest BCUT2D eigenvalue weighted by Gasteiger charge is 2.22. The molecule has 4 aromatic carbocycles. The van der Waals surface area contributed by atoms with Gasteiger partial charge in [0.1, 0.15) is 0 Å². The van der Waals surface area contributed by atoms with Crippen molar-refractivity contribution in [2.24, 2.45) is 0 Å². The fourth-order valence-electron chi connectivity index (χ4n) is 5.09. The zero-order valence-electron chi connectivity index (χ0n) is 19.8. The maximum atomic E-state index is 13.2. The number of anilines is 3. The number of aromatic amines is 2. The minimum absolute atomic E-state index is 0.0900. The predicted octanol–water partition coefficient (Wildman–Crippen LogP) is 4.52. The molecule has 0 aliphatic carbocycles. The van der Waals surface area contributed by atoms with E-state index in [1.165, 1.54) is 5.69 Å². The van der Waals surface area contributed by atoms with Crippen LogP contribution in [0.5, 0.6) is 0 Å². The second-order valence-corrected chi connectivity index (χ2v) is 9.17. The molecular weight excluding hydrogens is 450 g/mol. The number of amides is 1. The molecule has 1 amide bonds. The third-order valence-corrected chi connectivity index (χ3v) is 6.88. The highest BCUT2D eigenvalue weighted by atomic mass is 16.1. The van der Waals surface area contributed by atoms with Gasteiger partial charge >= 0.3 is 5.69 Å². The lowest BCUT2D eigenvalue weighted by molar-refractivity contribution is -0.115. The van der Waals surface area contributed by atoms with E-state index in [0.29, 0.717) is 11.2 Å². The number of piperazine rings is 1. The number of hydrogen-bond donors (Lipinski definition) is 3. The molecule has 0 bridgehead atoms. The van der Waals surface area contributed by atoms with Gasteiger partial charge in [-0.3, -0.25) is 4.79 Å². The summed E-state index contributed by atoms with van der Waals surface area (Å²) in [5.41, 5.74) is 4.96. The summed E-state index contributed by atoms with van der Waals surface area (Å²) >= 11 is 0. The third-order valence-electron chi connectivity index (χ3n) is 6.88. The molecule has 1 aliphatic rings. The lowest BCUT2D eigenvalue weighted by atomic mass is 10.0. The summed E-state index contributed by atoms with van der Waals surface area (Å²) in [6.07, 6.45) is 0.268. The number of carbonyl (C=O) groups is 1. The topological polar surface area (TPSA) is 84.2 Å². The largest absolute Gasteiger partial charge is 0.368 e. The van der Waals surface area contributed by atoms with Gasteiger partial charge in [0.15, 0.2) is 0 Å². The van der Waals surface area contributed by atoms with Crippen LogP contribution in [0, 0.1) is 0 Å². The van der Waals surface area contributed by atoms with Gasteiger partial charge in [0.25, 0.3) is 0 Å². The number of hydrogen-bond acceptors (Lipinski definition) is 4. The standard InChI is InChI=1S/C29H27N5O2/c35-28(17-21-9-6-8-20-7-4-5-12-23(20)21)30-26-18-24-25(32-29(36)31-24)19-27(26)34-15-13-33(14-16-34)22-10-2-1-3-11-22/h1-12,18-19H,13-17H2,(H,30,35)(H2,31,32,36). The highest BCUT2D eigenvalue weighted by Crippen LogP contribution is 2.32. The highest BCUT2D eigenvalue weighted by molar-refractivity contribution is 6.01. The molecule has 180 valence electrons.